The number of aryl methyl sites for hydroxylation is 1. The van der Waals surface area contributed by atoms with Gasteiger partial charge < -0.3 is 15.2 Å². The van der Waals surface area contributed by atoms with Crippen molar-refractivity contribution in [3.8, 4) is 5.75 Å². The molecule has 0 fully saturated rings. The average molecular weight is 328 g/mol. The molecule has 0 aromatic heterocycles. The standard InChI is InChI=1S/C19H24N2O3/c1-14-5-4-6-16(11-14)20-19(23)12-21(2)18(13-22)15-7-9-17(24-3)10-8-15/h4-11,18,22H,12-13H2,1-3H3,(H,20,23). The third-order valence-electron chi connectivity index (χ3n) is 3.90. The Hall–Kier alpha value is -2.37. The van der Waals surface area contributed by atoms with E-state index in [1.165, 1.54) is 0 Å². The molecule has 0 saturated heterocycles. The van der Waals surface area contributed by atoms with Gasteiger partial charge in [0.15, 0.2) is 0 Å². The van der Waals surface area contributed by atoms with E-state index in [0.717, 1.165) is 22.6 Å². The number of hydrogen-bond donors (Lipinski definition) is 2. The number of ether oxygens (including phenoxy) is 1. The van der Waals surface area contributed by atoms with E-state index in [1.807, 2.05) is 67.4 Å². The SMILES string of the molecule is COc1ccc(C(CO)N(C)CC(=O)Nc2cccc(C)c2)cc1. The van der Waals surface area contributed by atoms with Gasteiger partial charge in [-0.1, -0.05) is 24.3 Å². The average Bonchev–Trinajstić information content (AvgIpc) is 2.56. The Morgan fingerprint density at radius 2 is 1.96 bits per heavy atom. The Balaban J connectivity index is 1.99. The number of hydrogen-bond acceptors (Lipinski definition) is 4. The minimum atomic E-state index is -0.251. The smallest absolute Gasteiger partial charge is 0.238 e. The van der Waals surface area contributed by atoms with Crippen molar-refractivity contribution in [1.29, 1.82) is 0 Å². The highest BCUT2D eigenvalue weighted by Crippen LogP contribution is 2.21. The lowest BCUT2D eigenvalue weighted by atomic mass is 10.1. The van der Waals surface area contributed by atoms with Gasteiger partial charge in [-0.05, 0) is 49.4 Å². The van der Waals surface area contributed by atoms with Gasteiger partial charge in [-0.25, -0.2) is 0 Å². The van der Waals surface area contributed by atoms with Crippen molar-refractivity contribution in [3.05, 3.63) is 59.7 Å². The van der Waals surface area contributed by atoms with E-state index in [1.54, 1.807) is 7.11 Å². The molecule has 0 bridgehead atoms. The summed E-state index contributed by atoms with van der Waals surface area (Å²) in [6.45, 7) is 2.10. The number of carbonyl (C=O) groups is 1. The molecule has 1 unspecified atom stereocenters. The van der Waals surface area contributed by atoms with Gasteiger partial charge in [-0.3, -0.25) is 9.69 Å². The minimum Gasteiger partial charge on any atom is -0.497 e. The molecule has 0 saturated carbocycles. The molecule has 5 heteroatoms. The van der Waals surface area contributed by atoms with Gasteiger partial charge in [0.25, 0.3) is 0 Å². The number of aliphatic hydroxyl groups excluding tert-OH is 1. The van der Waals surface area contributed by atoms with E-state index in [0.29, 0.717) is 0 Å². The molecule has 0 heterocycles. The zero-order valence-corrected chi connectivity index (χ0v) is 14.3. The normalized spacial score (nSPS) is 12.0. The van der Waals surface area contributed by atoms with Gasteiger partial charge in [-0.15, -0.1) is 0 Å². The molecule has 1 amide bonds. The largest absolute Gasteiger partial charge is 0.497 e. The molecule has 2 aromatic rings. The van der Waals surface area contributed by atoms with Crippen LogP contribution in [0, 0.1) is 6.92 Å². The van der Waals surface area contributed by atoms with Gasteiger partial charge in [-0.2, -0.15) is 0 Å². The summed E-state index contributed by atoms with van der Waals surface area (Å²) in [6, 6.07) is 14.9. The molecule has 0 aliphatic carbocycles. The molecular weight excluding hydrogens is 304 g/mol. The number of rotatable bonds is 7. The Kier molecular flexibility index (Phi) is 6.35. The Morgan fingerprint density at radius 3 is 2.54 bits per heavy atom. The number of methoxy groups -OCH3 is 1. The summed E-state index contributed by atoms with van der Waals surface area (Å²) in [5.74, 6) is 0.644. The van der Waals surface area contributed by atoms with Crippen LogP contribution in [0.2, 0.25) is 0 Å². The van der Waals surface area contributed by atoms with Gasteiger partial charge in [0.05, 0.1) is 26.3 Å². The van der Waals surface area contributed by atoms with E-state index in [4.69, 9.17) is 4.74 Å². The van der Waals surface area contributed by atoms with Crippen molar-refractivity contribution in [1.82, 2.24) is 4.90 Å². The summed E-state index contributed by atoms with van der Waals surface area (Å²) in [6.07, 6.45) is 0. The van der Waals surface area contributed by atoms with Crippen LogP contribution in [0.1, 0.15) is 17.2 Å². The van der Waals surface area contributed by atoms with E-state index in [-0.39, 0.29) is 25.1 Å². The highest BCUT2D eigenvalue weighted by molar-refractivity contribution is 5.92. The van der Waals surface area contributed by atoms with Crippen LogP contribution in [0.15, 0.2) is 48.5 Å². The summed E-state index contributed by atoms with van der Waals surface area (Å²) >= 11 is 0. The molecule has 1 atom stereocenters. The summed E-state index contributed by atoms with van der Waals surface area (Å²) < 4.78 is 5.14. The first-order valence-electron chi connectivity index (χ1n) is 7.85. The van der Waals surface area contributed by atoms with Crippen LogP contribution >= 0.6 is 0 Å². The van der Waals surface area contributed by atoms with Crippen LogP contribution in [0.4, 0.5) is 5.69 Å². The van der Waals surface area contributed by atoms with Gasteiger partial charge >= 0.3 is 0 Å². The lowest BCUT2D eigenvalue weighted by molar-refractivity contribution is -0.117. The summed E-state index contributed by atoms with van der Waals surface area (Å²) in [4.78, 5) is 14.1. The van der Waals surface area contributed by atoms with Crippen molar-refractivity contribution >= 4 is 11.6 Å². The Labute approximate surface area is 142 Å². The maximum absolute atomic E-state index is 12.2. The third-order valence-corrected chi connectivity index (χ3v) is 3.90. The highest BCUT2D eigenvalue weighted by atomic mass is 16.5. The van der Waals surface area contributed by atoms with Crippen molar-refractivity contribution in [3.63, 3.8) is 0 Å². The predicted molar refractivity (Wildman–Crippen MR) is 95.3 cm³/mol. The zero-order valence-electron chi connectivity index (χ0n) is 14.3. The fourth-order valence-electron chi connectivity index (χ4n) is 2.59. The molecule has 0 radical (unpaired) electrons. The topological polar surface area (TPSA) is 61.8 Å². The lowest BCUT2D eigenvalue weighted by Gasteiger charge is -2.26. The second-order valence-electron chi connectivity index (χ2n) is 5.80. The van der Waals surface area contributed by atoms with Gasteiger partial charge in [0.1, 0.15) is 5.75 Å². The number of likely N-dealkylation sites (N-methyl/N-ethyl adjacent to an activating group) is 1. The van der Waals surface area contributed by atoms with Gasteiger partial charge in [0, 0.05) is 5.69 Å². The lowest BCUT2D eigenvalue weighted by Crippen LogP contribution is -2.34. The quantitative estimate of drug-likeness (QED) is 0.820. The third kappa shape index (κ3) is 4.81. The van der Waals surface area contributed by atoms with Crippen LogP contribution in [0.3, 0.4) is 0 Å². The first-order valence-corrected chi connectivity index (χ1v) is 7.85. The molecule has 2 N–H and O–H groups in total. The molecule has 0 aliphatic rings. The monoisotopic (exact) mass is 328 g/mol. The number of benzene rings is 2. The Bertz CT molecular complexity index is 671. The summed E-state index contributed by atoms with van der Waals surface area (Å²) in [5, 5.41) is 12.6. The molecule has 128 valence electrons. The van der Waals surface area contributed by atoms with Crippen molar-refractivity contribution < 1.29 is 14.6 Å². The summed E-state index contributed by atoms with van der Waals surface area (Å²) in [5.41, 5.74) is 2.80. The van der Waals surface area contributed by atoms with E-state index in [9.17, 15) is 9.90 Å². The molecule has 2 aromatic carbocycles. The number of nitrogens with one attached hydrogen (secondary N) is 1. The fraction of sp³-hybridized carbons (Fsp3) is 0.316. The number of aliphatic hydroxyl groups is 1. The maximum atomic E-state index is 12.2. The number of anilines is 1. The first kappa shape index (κ1) is 18.0. The second kappa shape index (κ2) is 8.47. The van der Waals surface area contributed by atoms with Gasteiger partial charge in [0.2, 0.25) is 5.91 Å². The maximum Gasteiger partial charge on any atom is 0.238 e. The second-order valence-corrected chi connectivity index (χ2v) is 5.80. The Morgan fingerprint density at radius 1 is 1.25 bits per heavy atom. The molecule has 0 spiro atoms. The molecule has 24 heavy (non-hydrogen) atoms. The van der Waals surface area contributed by atoms with E-state index < -0.39 is 0 Å². The predicted octanol–water partition coefficient (Wildman–Crippen LogP) is 2.61. The highest BCUT2D eigenvalue weighted by Gasteiger charge is 2.18. The number of nitrogens with zero attached hydrogens (tertiary/aromatic N) is 1. The van der Waals surface area contributed by atoms with Crippen LogP contribution in [0.25, 0.3) is 0 Å². The number of carbonyl (C=O) groups excluding carboxylic acids is 1. The molecule has 2 rings (SSSR count). The van der Waals surface area contributed by atoms with Crippen LogP contribution in [0.5, 0.6) is 5.75 Å². The zero-order chi connectivity index (χ0) is 17.5. The van der Waals surface area contributed by atoms with Crippen LogP contribution in [-0.4, -0.2) is 43.2 Å². The summed E-state index contributed by atoms with van der Waals surface area (Å²) in [7, 11) is 3.43. The van der Waals surface area contributed by atoms with Crippen LogP contribution in [-0.2, 0) is 4.79 Å². The minimum absolute atomic E-state index is 0.0689. The van der Waals surface area contributed by atoms with Crippen LogP contribution < -0.4 is 10.1 Å². The van der Waals surface area contributed by atoms with E-state index in [2.05, 4.69) is 5.32 Å². The van der Waals surface area contributed by atoms with E-state index >= 15 is 0 Å². The molecular formula is C19H24N2O3. The van der Waals surface area contributed by atoms with Crippen molar-refractivity contribution in [2.45, 2.75) is 13.0 Å². The van der Waals surface area contributed by atoms with Crippen molar-refractivity contribution in [2.75, 3.05) is 32.6 Å². The molecule has 0 aliphatic heterocycles. The fourth-order valence-corrected chi connectivity index (χ4v) is 2.59. The first-order chi connectivity index (χ1) is 11.5. The molecule has 5 nitrogen and oxygen atoms in total. The number of amides is 1. The van der Waals surface area contributed by atoms with Crippen molar-refractivity contribution in [2.24, 2.45) is 0 Å².